The van der Waals surface area contributed by atoms with E-state index in [2.05, 4.69) is 54.0 Å². The van der Waals surface area contributed by atoms with Gasteiger partial charge in [-0.3, -0.25) is 0 Å². The van der Waals surface area contributed by atoms with Gasteiger partial charge in [0.25, 0.3) is 0 Å². The fraction of sp³-hybridized carbons (Fsp3) is 0.381. The molecule has 2 N–H and O–H groups in total. The molecule has 0 saturated carbocycles. The maximum atomic E-state index is 12.0. The lowest BCUT2D eigenvalue weighted by molar-refractivity contribution is 0.239. The van der Waals surface area contributed by atoms with Crippen molar-refractivity contribution in [3.63, 3.8) is 0 Å². The van der Waals surface area contributed by atoms with Crippen molar-refractivity contribution < 1.29 is 4.79 Å². The molecule has 0 radical (unpaired) electrons. The molecule has 24 heavy (non-hydrogen) atoms. The first kappa shape index (κ1) is 16.6. The third kappa shape index (κ3) is 4.16. The number of rotatable bonds is 6. The fourth-order valence-electron chi connectivity index (χ4n) is 3.56. The van der Waals surface area contributed by atoms with E-state index in [0.29, 0.717) is 12.5 Å². The molecule has 3 nitrogen and oxygen atoms in total. The second-order valence-electron chi connectivity index (χ2n) is 6.56. The number of urea groups is 1. The smallest absolute Gasteiger partial charge is 0.315 e. The van der Waals surface area contributed by atoms with Crippen LogP contribution in [0.3, 0.4) is 0 Å². The highest BCUT2D eigenvalue weighted by molar-refractivity contribution is 5.73. The van der Waals surface area contributed by atoms with Crippen LogP contribution in [0.15, 0.2) is 48.5 Å². The lowest BCUT2D eigenvalue weighted by Crippen LogP contribution is -2.36. The molecule has 0 fully saturated rings. The number of amides is 2. The Bertz CT molecular complexity index is 671. The molecule has 0 atom stereocenters. The predicted octanol–water partition coefficient (Wildman–Crippen LogP) is 3.85. The van der Waals surface area contributed by atoms with Crippen LogP contribution in [-0.2, 0) is 25.8 Å². The van der Waals surface area contributed by atoms with Gasteiger partial charge in [-0.2, -0.15) is 0 Å². The topological polar surface area (TPSA) is 41.1 Å². The van der Waals surface area contributed by atoms with Crippen LogP contribution in [0.4, 0.5) is 4.79 Å². The molecule has 2 aromatic carbocycles. The van der Waals surface area contributed by atoms with Gasteiger partial charge in [-0.05, 0) is 53.9 Å². The SMILES string of the molecule is CCc1ccccc1CNC(=O)NCCC1Cc2ccccc2C1. The van der Waals surface area contributed by atoms with Gasteiger partial charge in [0.2, 0.25) is 0 Å². The largest absolute Gasteiger partial charge is 0.338 e. The van der Waals surface area contributed by atoms with Crippen molar-refractivity contribution >= 4 is 6.03 Å². The van der Waals surface area contributed by atoms with Gasteiger partial charge in [0, 0.05) is 13.1 Å². The fourth-order valence-corrected chi connectivity index (χ4v) is 3.56. The maximum Gasteiger partial charge on any atom is 0.315 e. The van der Waals surface area contributed by atoms with E-state index in [1.165, 1.54) is 22.3 Å². The normalized spacial score (nSPS) is 13.5. The molecule has 0 aromatic heterocycles. The summed E-state index contributed by atoms with van der Waals surface area (Å²) in [5.41, 5.74) is 5.44. The number of nitrogens with one attached hydrogen (secondary N) is 2. The maximum absolute atomic E-state index is 12.0. The van der Waals surface area contributed by atoms with E-state index in [-0.39, 0.29) is 6.03 Å². The van der Waals surface area contributed by atoms with Gasteiger partial charge in [-0.25, -0.2) is 4.79 Å². The van der Waals surface area contributed by atoms with Crippen LogP contribution < -0.4 is 10.6 Å². The van der Waals surface area contributed by atoms with E-state index in [1.54, 1.807) is 0 Å². The van der Waals surface area contributed by atoms with Crippen molar-refractivity contribution in [2.45, 2.75) is 39.2 Å². The molecule has 3 heteroatoms. The third-order valence-electron chi connectivity index (χ3n) is 4.91. The predicted molar refractivity (Wildman–Crippen MR) is 98.0 cm³/mol. The summed E-state index contributed by atoms with van der Waals surface area (Å²) in [7, 11) is 0. The quantitative estimate of drug-likeness (QED) is 0.833. The van der Waals surface area contributed by atoms with Crippen molar-refractivity contribution in [1.82, 2.24) is 10.6 Å². The number of carbonyl (C=O) groups excluding carboxylic acids is 1. The van der Waals surface area contributed by atoms with Crippen molar-refractivity contribution in [3.05, 3.63) is 70.8 Å². The van der Waals surface area contributed by atoms with E-state index in [9.17, 15) is 4.79 Å². The number of fused-ring (bicyclic) bond motifs is 1. The van der Waals surface area contributed by atoms with Crippen molar-refractivity contribution in [2.24, 2.45) is 5.92 Å². The van der Waals surface area contributed by atoms with E-state index in [4.69, 9.17) is 0 Å². The second-order valence-corrected chi connectivity index (χ2v) is 6.56. The van der Waals surface area contributed by atoms with Crippen molar-refractivity contribution in [1.29, 1.82) is 0 Å². The summed E-state index contributed by atoms with van der Waals surface area (Å²) in [6, 6.07) is 16.9. The zero-order chi connectivity index (χ0) is 16.8. The van der Waals surface area contributed by atoms with Gasteiger partial charge in [0.05, 0.1) is 0 Å². The van der Waals surface area contributed by atoms with Crippen molar-refractivity contribution in [2.75, 3.05) is 6.54 Å². The molecule has 2 amide bonds. The highest BCUT2D eigenvalue weighted by atomic mass is 16.2. The minimum Gasteiger partial charge on any atom is -0.338 e. The molecule has 3 rings (SSSR count). The minimum absolute atomic E-state index is 0.0728. The number of carbonyl (C=O) groups is 1. The van der Waals surface area contributed by atoms with Gasteiger partial charge in [-0.15, -0.1) is 0 Å². The highest BCUT2D eigenvalue weighted by Crippen LogP contribution is 2.28. The molecule has 0 saturated heterocycles. The second kappa shape index (κ2) is 8.00. The molecule has 2 aromatic rings. The summed E-state index contributed by atoms with van der Waals surface area (Å²) in [5, 5.41) is 5.96. The molecule has 126 valence electrons. The molecule has 1 aliphatic carbocycles. The Morgan fingerprint density at radius 3 is 2.25 bits per heavy atom. The third-order valence-corrected chi connectivity index (χ3v) is 4.91. The molecular formula is C21H26N2O. The first-order valence-electron chi connectivity index (χ1n) is 8.91. The monoisotopic (exact) mass is 322 g/mol. The number of benzene rings is 2. The van der Waals surface area contributed by atoms with Crippen LogP contribution in [0, 0.1) is 5.92 Å². The van der Waals surface area contributed by atoms with Gasteiger partial charge in [0.1, 0.15) is 0 Å². The zero-order valence-corrected chi connectivity index (χ0v) is 14.3. The molecule has 0 heterocycles. The molecular weight excluding hydrogens is 296 g/mol. The van der Waals surface area contributed by atoms with E-state index in [0.717, 1.165) is 32.2 Å². The Hall–Kier alpha value is -2.29. The number of aryl methyl sites for hydroxylation is 1. The average Bonchev–Trinajstić information content (AvgIpc) is 3.03. The van der Waals surface area contributed by atoms with E-state index < -0.39 is 0 Å². The average molecular weight is 322 g/mol. The van der Waals surface area contributed by atoms with Crippen LogP contribution >= 0.6 is 0 Å². The molecule has 0 spiro atoms. The first-order valence-corrected chi connectivity index (χ1v) is 8.91. The van der Waals surface area contributed by atoms with Crippen LogP contribution in [0.1, 0.15) is 35.6 Å². The van der Waals surface area contributed by atoms with Gasteiger partial charge < -0.3 is 10.6 Å². The molecule has 0 unspecified atom stereocenters. The standard InChI is InChI=1S/C21H26N2O/c1-2-17-7-3-6-10-20(17)15-23-21(24)22-12-11-16-13-18-8-4-5-9-19(18)14-16/h3-10,16H,2,11-15H2,1H3,(H2,22,23,24). The van der Waals surface area contributed by atoms with Gasteiger partial charge in [0.15, 0.2) is 0 Å². The van der Waals surface area contributed by atoms with Gasteiger partial charge in [-0.1, -0.05) is 55.5 Å². The Balaban J connectivity index is 1.38. The van der Waals surface area contributed by atoms with Crippen LogP contribution in [-0.4, -0.2) is 12.6 Å². The highest BCUT2D eigenvalue weighted by Gasteiger charge is 2.20. The molecule has 0 bridgehead atoms. The Morgan fingerprint density at radius 2 is 1.58 bits per heavy atom. The summed E-state index contributed by atoms with van der Waals surface area (Å²) in [6.45, 7) is 3.46. The zero-order valence-electron chi connectivity index (χ0n) is 14.3. The summed E-state index contributed by atoms with van der Waals surface area (Å²) in [4.78, 5) is 12.0. The molecule has 0 aliphatic heterocycles. The lowest BCUT2D eigenvalue weighted by atomic mass is 10.0. The summed E-state index contributed by atoms with van der Waals surface area (Å²) in [5.74, 6) is 0.656. The van der Waals surface area contributed by atoms with Gasteiger partial charge >= 0.3 is 6.03 Å². The molecule has 1 aliphatic rings. The van der Waals surface area contributed by atoms with Crippen molar-refractivity contribution in [3.8, 4) is 0 Å². The Kier molecular flexibility index (Phi) is 5.52. The lowest BCUT2D eigenvalue weighted by Gasteiger charge is -2.12. The van der Waals surface area contributed by atoms with Crippen LogP contribution in [0.25, 0.3) is 0 Å². The van der Waals surface area contributed by atoms with E-state index in [1.807, 2.05) is 12.1 Å². The van der Waals surface area contributed by atoms with Crippen LogP contribution in [0.5, 0.6) is 0 Å². The summed E-state index contributed by atoms with van der Waals surface area (Å²) < 4.78 is 0. The minimum atomic E-state index is -0.0728. The number of hydrogen-bond donors (Lipinski definition) is 2. The Morgan fingerprint density at radius 1 is 0.958 bits per heavy atom. The summed E-state index contributed by atoms with van der Waals surface area (Å²) in [6.07, 6.45) is 4.31. The first-order chi connectivity index (χ1) is 11.8. The summed E-state index contributed by atoms with van der Waals surface area (Å²) >= 11 is 0. The Labute approximate surface area is 144 Å². The van der Waals surface area contributed by atoms with E-state index >= 15 is 0 Å². The number of hydrogen-bond acceptors (Lipinski definition) is 1. The van der Waals surface area contributed by atoms with Crippen LogP contribution in [0.2, 0.25) is 0 Å².